The summed E-state index contributed by atoms with van der Waals surface area (Å²) in [5.41, 5.74) is 0.751. The van der Waals surface area contributed by atoms with Gasteiger partial charge < -0.3 is 19.9 Å². The summed E-state index contributed by atoms with van der Waals surface area (Å²) in [5.74, 6) is 0.968. The number of carbonyl (C=O) groups is 1. The van der Waals surface area contributed by atoms with Crippen LogP contribution in [-0.2, 0) is 4.79 Å². The average molecular weight is 390 g/mol. The fourth-order valence-electron chi connectivity index (χ4n) is 3.44. The predicted molar refractivity (Wildman–Crippen MR) is 108 cm³/mol. The van der Waals surface area contributed by atoms with Crippen molar-refractivity contribution in [2.75, 3.05) is 44.6 Å². The van der Waals surface area contributed by atoms with E-state index in [1.54, 1.807) is 12.1 Å². The number of hydrogen-bond acceptors (Lipinski definition) is 2. The fraction of sp³-hybridized carbons (Fsp3) is 0.381. The van der Waals surface area contributed by atoms with E-state index in [9.17, 15) is 4.79 Å². The second-order valence-corrected chi connectivity index (χ2v) is 7.48. The van der Waals surface area contributed by atoms with Crippen molar-refractivity contribution >= 4 is 23.2 Å². The van der Waals surface area contributed by atoms with Crippen LogP contribution < -0.4 is 19.9 Å². The van der Waals surface area contributed by atoms with Crippen molar-refractivity contribution in [3.63, 3.8) is 0 Å². The van der Waals surface area contributed by atoms with Crippen LogP contribution in [0.2, 0.25) is 5.02 Å². The minimum atomic E-state index is -0.0777. The molecule has 3 N–H and O–H groups in total. The molecule has 0 unspecified atom stereocenters. The van der Waals surface area contributed by atoms with E-state index >= 15 is 0 Å². The Labute approximate surface area is 165 Å². The molecule has 1 aliphatic rings. The molecule has 2 aromatic rings. The van der Waals surface area contributed by atoms with E-state index in [2.05, 4.69) is 5.32 Å². The molecule has 1 saturated heterocycles. The van der Waals surface area contributed by atoms with Crippen LogP contribution in [-0.4, -0.2) is 51.3 Å². The number of carbonyl (C=O) groups excluding carboxylic acids is 1. The molecule has 0 aromatic heterocycles. The van der Waals surface area contributed by atoms with E-state index < -0.39 is 0 Å². The van der Waals surface area contributed by atoms with Gasteiger partial charge in [-0.15, -0.1) is 0 Å². The number of ether oxygens (including phenoxy) is 1. The first kappa shape index (κ1) is 19.7. The third kappa shape index (κ3) is 5.96. The number of nitrogens with one attached hydrogen (secondary N) is 3. The Hall–Kier alpha value is -2.08. The van der Waals surface area contributed by atoms with Gasteiger partial charge in [-0.1, -0.05) is 35.9 Å². The summed E-state index contributed by atoms with van der Waals surface area (Å²) in [6, 6.07) is 17.1. The van der Waals surface area contributed by atoms with Gasteiger partial charge in [0.1, 0.15) is 45.1 Å². The summed E-state index contributed by atoms with van der Waals surface area (Å²) in [6.07, 6.45) is 0. The molecule has 27 heavy (non-hydrogen) atoms. The minimum absolute atomic E-state index is 0.0446. The molecule has 0 saturated carbocycles. The molecule has 144 valence electrons. The van der Waals surface area contributed by atoms with Crippen LogP contribution >= 0.6 is 11.6 Å². The number of piperazine rings is 1. The summed E-state index contributed by atoms with van der Waals surface area (Å²) in [5, 5.41) is 3.60. The quantitative estimate of drug-likeness (QED) is 0.647. The first-order valence-corrected chi connectivity index (χ1v) is 9.92. The van der Waals surface area contributed by atoms with Crippen molar-refractivity contribution in [1.82, 2.24) is 0 Å². The van der Waals surface area contributed by atoms with Gasteiger partial charge in [-0.3, -0.25) is 4.79 Å². The Bertz CT molecular complexity index is 733. The molecule has 0 aliphatic carbocycles. The van der Waals surface area contributed by atoms with E-state index in [0.29, 0.717) is 5.02 Å². The number of halogens is 1. The predicted octanol–water partition coefficient (Wildman–Crippen LogP) is 0.529. The maximum atomic E-state index is 12.5. The third-order valence-corrected chi connectivity index (χ3v) is 5.40. The van der Waals surface area contributed by atoms with Crippen LogP contribution in [0.3, 0.4) is 0 Å². The number of para-hydroxylation sites is 1. The van der Waals surface area contributed by atoms with Gasteiger partial charge in [0.05, 0.1) is 0 Å². The lowest BCUT2D eigenvalue weighted by Gasteiger charge is -2.32. The van der Waals surface area contributed by atoms with Gasteiger partial charge in [0.15, 0.2) is 6.04 Å². The summed E-state index contributed by atoms with van der Waals surface area (Å²) in [7, 11) is 0. The van der Waals surface area contributed by atoms with Crippen LogP contribution in [0.1, 0.15) is 6.92 Å². The highest BCUT2D eigenvalue weighted by Crippen LogP contribution is 2.14. The molecular weight excluding hydrogens is 362 g/mol. The normalized spacial score (nSPS) is 20.7. The van der Waals surface area contributed by atoms with E-state index in [4.69, 9.17) is 16.3 Å². The van der Waals surface area contributed by atoms with E-state index in [0.717, 1.165) is 50.8 Å². The standard InChI is InChI=1S/C21H26ClN3O2/c1-17(21(26)23-19-7-5-6-18(22)16-19)25-12-10-24(11-13-25)14-15-27-20-8-3-2-4-9-20/h2-9,16-17H,10-15H2,1H3,(H,23,26)/p+2/t17-/m1/s1. The summed E-state index contributed by atoms with van der Waals surface area (Å²) >= 11 is 5.98. The zero-order valence-corrected chi connectivity index (χ0v) is 16.5. The van der Waals surface area contributed by atoms with Crippen molar-refractivity contribution in [2.45, 2.75) is 13.0 Å². The lowest BCUT2D eigenvalue weighted by molar-refractivity contribution is -1.02. The Balaban J connectivity index is 1.39. The van der Waals surface area contributed by atoms with Crippen molar-refractivity contribution in [2.24, 2.45) is 0 Å². The summed E-state index contributed by atoms with van der Waals surface area (Å²) < 4.78 is 5.79. The van der Waals surface area contributed by atoms with Gasteiger partial charge in [-0.25, -0.2) is 0 Å². The topological polar surface area (TPSA) is 47.2 Å². The van der Waals surface area contributed by atoms with E-state index in [1.165, 1.54) is 9.80 Å². The third-order valence-electron chi connectivity index (χ3n) is 5.16. The van der Waals surface area contributed by atoms with Crippen LogP contribution in [0.15, 0.2) is 54.6 Å². The average Bonchev–Trinajstić information content (AvgIpc) is 2.69. The molecule has 2 aromatic carbocycles. The Kier molecular flexibility index (Phi) is 7.10. The Morgan fingerprint density at radius 3 is 2.56 bits per heavy atom. The van der Waals surface area contributed by atoms with Crippen LogP contribution in [0.25, 0.3) is 0 Å². The lowest BCUT2D eigenvalue weighted by atomic mass is 10.2. The van der Waals surface area contributed by atoms with Gasteiger partial charge in [-0.2, -0.15) is 0 Å². The minimum Gasteiger partial charge on any atom is -0.488 e. The molecule has 6 heteroatoms. The van der Waals surface area contributed by atoms with Crippen molar-refractivity contribution in [3.8, 4) is 5.75 Å². The number of rotatable bonds is 7. The smallest absolute Gasteiger partial charge is 0.282 e. The molecule has 5 nitrogen and oxygen atoms in total. The number of amides is 1. The van der Waals surface area contributed by atoms with Gasteiger partial charge >= 0.3 is 0 Å². The van der Waals surface area contributed by atoms with Crippen LogP contribution in [0, 0.1) is 0 Å². The van der Waals surface area contributed by atoms with Crippen LogP contribution in [0.4, 0.5) is 5.69 Å². The molecule has 0 radical (unpaired) electrons. The van der Waals surface area contributed by atoms with Crippen molar-refractivity contribution in [3.05, 3.63) is 59.6 Å². The molecule has 3 rings (SSSR count). The van der Waals surface area contributed by atoms with Crippen molar-refractivity contribution < 1.29 is 19.3 Å². The molecule has 1 aliphatic heterocycles. The molecule has 1 atom stereocenters. The number of benzene rings is 2. The second kappa shape index (κ2) is 9.74. The lowest BCUT2D eigenvalue weighted by Crippen LogP contribution is -3.30. The van der Waals surface area contributed by atoms with Crippen molar-refractivity contribution in [1.29, 1.82) is 0 Å². The summed E-state index contributed by atoms with van der Waals surface area (Å²) in [6.45, 7) is 7.81. The molecule has 1 fully saturated rings. The van der Waals surface area contributed by atoms with Gasteiger partial charge in [0.25, 0.3) is 5.91 Å². The number of hydrogen-bond donors (Lipinski definition) is 3. The Morgan fingerprint density at radius 2 is 1.85 bits per heavy atom. The molecular formula is C21H28ClN3O2+2. The molecule has 0 spiro atoms. The number of anilines is 1. The fourth-order valence-corrected chi connectivity index (χ4v) is 3.63. The molecule has 0 bridgehead atoms. The SMILES string of the molecule is C[C@H](C(=O)Nc1cccc(Cl)c1)[NH+]1CC[NH+](CCOc2ccccc2)CC1. The Morgan fingerprint density at radius 1 is 1.11 bits per heavy atom. The highest BCUT2D eigenvalue weighted by atomic mass is 35.5. The van der Waals surface area contributed by atoms with E-state index in [-0.39, 0.29) is 11.9 Å². The van der Waals surface area contributed by atoms with Gasteiger partial charge in [-0.05, 0) is 37.3 Å². The first-order chi connectivity index (χ1) is 13.1. The van der Waals surface area contributed by atoms with Crippen LogP contribution in [0.5, 0.6) is 5.75 Å². The zero-order chi connectivity index (χ0) is 19.1. The van der Waals surface area contributed by atoms with E-state index in [1.807, 2.05) is 49.4 Å². The summed E-state index contributed by atoms with van der Waals surface area (Å²) in [4.78, 5) is 15.4. The second-order valence-electron chi connectivity index (χ2n) is 7.04. The maximum absolute atomic E-state index is 12.5. The molecule has 1 heterocycles. The number of quaternary nitrogens is 2. The zero-order valence-electron chi connectivity index (χ0n) is 15.7. The molecule has 1 amide bonds. The first-order valence-electron chi connectivity index (χ1n) is 9.54. The maximum Gasteiger partial charge on any atom is 0.282 e. The highest BCUT2D eigenvalue weighted by Gasteiger charge is 2.30. The monoisotopic (exact) mass is 389 g/mol. The highest BCUT2D eigenvalue weighted by molar-refractivity contribution is 6.30. The largest absolute Gasteiger partial charge is 0.488 e. The van der Waals surface area contributed by atoms with Gasteiger partial charge in [0.2, 0.25) is 0 Å². The van der Waals surface area contributed by atoms with Gasteiger partial charge in [0, 0.05) is 10.7 Å².